The maximum atomic E-state index is 12.8. The first-order valence-electron chi connectivity index (χ1n) is 9.33. The predicted molar refractivity (Wildman–Crippen MR) is 115 cm³/mol. The van der Waals surface area contributed by atoms with E-state index in [9.17, 15) is 4.79 Å². The zero-order chi connectivity index (χ0) is 19.6. The van der Waals surface area contributed by atoms with E-state index in [1.165, 1.54) is 0 Å². The lowest BCUT2D eigenvalue weighted by molar-refractivity contribution is -0.130. The van der Waals surface area contributed by atoms with E-state index < -0.39 is 0 Å². The minimum absolute atomic E-state index is 0.121. The number of rotatable bonds is 4. The number of pyridine rings is 1. The Balaban J connectivity index is 1.22. The Labute approximate surface area is 175 Å². The third-order valence-corrected chi connectivity index (χ3v) is 6.73. The van der Waals surface area contributed by atoms with Gasteiger partial charge in [0.2, 0.25) is 5.91 Å². The van der Waals surface area contributed by atoms with Gasteiger partial charge in [-0.1, -0.05) is 0 Å². The normalized spacial score (nSPS) is 14.5. The molecule has 5 heterocycles. The fourth-order valence-corrected chi connectivity index (χ4v) is 5.01. The van der Waals surface area contributed by atoms with Crippen molar-refractivity contribution < 1.29 is 4.79 Å². The van der Waals surface area contributed by atoms with Crippen molar-refractivity contribution in [3.05, 3.63) is 53.4 Å². The molecule has 0 bridgehead atoms. The van der Waals surface area contributed by atoms with Crippen LogP contribution in [0.25, 0.3) is 20.8 Å². The second-order valence-electron chi connectivity index (χ2n) is 6.77. The van der Waals surface area contributed by atoms with Crippen molar-refractivity contribution in [1.82, 2.24) is 24.8 Å². The Morgan fingerprint density at radius 3 is 2.83 bits per heavy atom. The third kappa shape index (κ3) is 3.70. The topological polar surface area (TPSA) is 75.1 Å². The molecule has 7 nitrogen and oxygen atoms in total. The molecule has 1 amide bonds. The van der Waals surface area contributed by atoms with Gasteiger partial charge >= 0.3 is 0 Å². The van der Waals surface area contributed by atoms with Crippen molar-refractivity contribution in [2.24, 2.45) is 0 Å². The maximum absolute atomic E-state index is 12.8. The van der Waals surface area contributed by atoms with Gasteiger partial charge in [-0.05, 0) is 23.6 Å². The second kappa shape index (κ2) is 7.84. The molecule has 29 heavy (non-hydrogen) atoms. The van der Waals surface area contributed by atoms with Gasteiger partial charge in [0.25, 0.3) is 0 Å². The van der Waals surface area contributed by atoms with E-state index in [-0.39, 0.29) is 5.91 Å². The van der Waals surface area contributed by atoms with E-state index >= 15 is 0 Å². The Kier molecular flexibility index (Phi) is 4.91. The molecule has 0 spiro atoms. The van der Waals surface area contributed by atoms with E-state index in [4.69, 9.17) is 0 Å². The first kappa shape index (κ1) is 18.1. The minimum atomic E-state index is 0.121. The lowest BCUT2D eigenvalue weighted by atomic mass is 10.2. The molecule has 0 saturated carbocycles. The quantitative estimate of drug-likeness (QED) is 0.503. The monoisotopic (exact) mass is 422 g/mol. The number of carbonyl (C=O) groups excluding carboxylic acids is 1. The van der Waals surface area contributed by atoms with E-state index in [0.717, 1.165) is 45.4 Å². The molecule has 9 heteroatoms. The molecule has 0 atom stereocenters. The predicted octanol–water partition coefficient (Wildman–Crippen LogP) is 3.10. The van der Waals surface area contributed by atoms with Crippen molar-refractivity contribution >= 4 is 44.6 Å². The molecule has 1 aliphatic rings. The molecule has 0 N–H and O–H groups in total. The van der Waals surface area contributed by atoms with Crippen LogP contribution in [0.2, 0.25) is 0 Å². The van der Waals surface area contributed by atoms with Gasteiger partial charge in [0.15, 0.2) is 0 Å². The smallest absolute Gasteiger partial charge is 0.228 e. The average Bonchev–Trinajstić information content (AvgIpc) is 3.44. The van der Waals surface area contributed by atoms with Crippen molar-refractivity contribution in [3.8, 4) is 10.6 Å². The number of aromatic nitrogens is 4. The lowest BCUT2D eigenvalue weighted by Crippen LogP contribution is -2.49. The number of piperazine rings is 1. The summed E-state index contributed by atoms with van der Waals surface area (Å²) < 4.78 is 0. The van der Waals surface area contributed by atoms with Crippen LogP contribution in [0.4, 0.5) is 5.82 Å². The number of thiazole rings is 1. The number of carbonyl (C=O) groups is 1. The van der Waals surface area contributed by atoms with Crippen LogP contribution in [0.1, 0.15) is 5.69 Å². The summed E-state index contributed by atoms with van der Waals surface area (Å²) in [5.41, 5.74) is 1.80. The highest BCUT2D eigenvalue weighted by Crippen LogP contribution is 2.27. The van der Waals surface area contributed by atoms with Crippen LogP contribution in [0.5, 0.6) is 0 Å². The van der Waals surface area contributed by atoms with Gasteiger partial charge in [-0.15, -0.1) is 22.7 Å². The van der Waals surface area contributed by atoms with Crippen LogP contribution in [-0.4, -0.2) is 56.9 Å². The number of hydrogen-bond acceptors (Lipinski definition) is 8. The molecule has 4 aromatic rings. The molecule has 0 aromatic carbocycles. The summed E-state index contributed by atoms with van der Waals surface area (Å²) in [5, 5.41) is 5.98. The van der Waals surface area contributed by atoms with Crippen LogP contribution in [-0.2, 0) is 11.2 Å². The molecule has 1 fully saturated rings. The maximum Gasteiger partial charge on any atom is 0.228 e. The van der Waals surface area contributed by atoms with Crippen molar-refractivity contribution in [3.63, 3.8) is 0 Å². The second-order valence-corrected chi connectivity index (χ2v) is 8.52. The first-order chi connectivity index (χ1) is 14.3. The zero-order valence-corrected chi connectivity index (χ0v) is 17.2. The number of thiophene rings is 1. The highest BCUT2D eigenvalue weighted by molar-refractivity contribution is 7.16. The Morgan fingerprint density at radius 1 is 1.10 bits per heavy atom. The molecule has 0 unspecified atom stereocenters. The SMILES string of the molecule is O=C(Cc1csc(-c2cccnc2)n1)N1CCN(c2ncnc3sccc23)CC1. The molecular formula is C20H18N6OS2. The number of fused-ring (bicyclic) bond motifs is 1. The first-order valence-corrected chi connectivity index (χ1v) is 11.1. The number of hydrogen-bond donors (Lipinski definition) is 0. The number of amides is 1. The van der Waals surface area contributed by atoms with Crippen molar-refractivity contribution in [1.29, 1.82) is 0 Å². The van der Waals surface area contributed by atoms with Crippen LogP contribution in [0, 0.1) is 0 Å². The summed E-state index contributed by atoms with van der Waals surface area (Å²) in [4.78, 5) is 35.5. The number of anilines is 1. The summed E-state index contributed by atoms with van der Waals surface area (Å²) in [7, 11) is 0. The van der Waals surface area contributed by atoms with Gasteiger partial charge in [-0.2, -0.15) is 0 Å². The Hall–Kier alpha value is -2.91. The van der Waals surface area contributed by atoms with Crippen molar-refractivity contribution in [2.75, 3.05) is 31.1 Å². The highest BCUT2D eigenvalue weighted by Gasteiger charge is 2.24. The number of nitrogens with zero attached hydrogens (tertiary/aromatic N) is 6. The van der Waals surface area contributed by atoms with Gasteiger partial charge in [-0.3, -0.25) is 9.78 Å². The van der Waals surface area contributed by atoms with E-state index in [0.29, 0.717) is 19.5 Å². The average molecular weight is 423 g/mol. The molecule has 0 radical (unpaired) electrons. The standard InChI is InChI=1S/C20H18N6OS2/c27-17(10-15-12-29-19(24-15)14-2-1-4-21-11-14)25-5-7-26(8-6-25)18-16-3-9-28-20(16)23-13-22-18/h1-4,9,11-13H,5-8,10H2. The summed E-state index contributed by atoms with van der Waals surface area (Å²) in [5.74, 6) is 1.08. The fraction of sp³-hybridized carbons (Fsp3) is 0.250. The molecule has 0 aliphatic carbocycles. The van der Waals surface area contributed by atoms with Gasteiger partial charge in [-0.25, -0.2) is 15.0 Å². The molecule has 5 rings (SSSR count). The van der Waals surface area contributed by atoms with Gasteiger partial charge in [0.1, 0.15) is 22.0 Å². The van der Waals surface area contributed by atoms with Crippen LogP contribution >= 0.6 is 22.7 Å². The molecular weight excluding hydrogens is 404 g/mol. The van der Waals surface area contributed by atoms with Crippen LogP contribution in [0.15, 0.2) is 47.7 Å². The van der Waals surface area contributed by atoms with Crippen molar-refractivity contribution in [2.45, 2.75) is 6.42 Å². The van der Waals surface area contributed by atoms with Gasteiger partial charge < -0.3 is 9.80 Å². The summed E-state index contributed by atoms with van der Waals surface area (Å²) in [6.07, 6.45) is 5.49. The van der Waals surface area contributed by atoms with Crippen LogP contribution in [0.3, 0.4) is 0 Å². The zero-order valence-electron chi connectivity index (χ0n) is 15.6. The minimum Gasteiger partial charge on any atom is -0.352 e. The highest BCUT2D eigenvalue weighted by atomic mass is 32.1. The molecule has 1 aliphatic heterocycles. The Bertz CT molecular complexity index is 1130. The summed E-state index contributed by atoms with van der Waals surface area (Å²) in [6, 6.07) is 5.94. The summed E-state index contributed by atoms with van der Waals surface area (Å²) in [6.45, 7) is 2.92. The molecule has 4 aromatic heterocycles. The van der Waals surface area contributed by atoms with E-state index in [2.05, 4.69) is 30.9 Å². The van der Waals surface area contributed by atoms with Gasteiger partial charge in [0.05, 0.1) is 17.5 Å². The Morgan fingerprint density at radius 2 is 2.00 bits per heavy atom. The van der Waals surface area contributed by atoms with Gasteiger partial charge in [0, 0.05) is 49.5 Å². The molecule has 146 valence electrons. The fourth-order valence-electron chi connectivity index (χ4n) is 3.47. The largest absolute Gasteiger partial charge is 0.352 e. The van der Waals surface area contributed by atoms with E-state index in [1.54, 1.807) is 41.4 Å². The third-order valence-electron chi connectivity index (χ3n) is 4.97. The van der Waals surface area contributed by atoms with E-state index in [1.807, 2.05) is 27.8 Å². The molecule has 1 saturated heterocycles. The van der Waals surface area contributed by atoms with Crippen LogP contribution < -0.4 is 4.90 Å². The lowest BCUT2D eigenvalue weighted by Gasteiger charge is -2.35. The summed E-state index contributed by atoms with van der Waals surface area (Å²) >= 11 is 3.17.